The van der Waals surface area contributed by atoms with Crippen LogP contribution in [0.4, 0.5) is 0 Å². The predicted molar refractivity (Wildman–Crippen MR) is 117 cm³/mol. The molecule has 0 aliphatic heterocycles. The average molecular weight is 377 g/mol. The Hall–Kier alpha value is -2.48. The highest BCUT2D eigenvalue weighted by molar-refractivity contribution is 6.11. The number of benzene rings is 2. The van der Waals surface area contributed by atoms with Gasteiger partial charge in [0, 0.05) is 11.1 Å². The fourth-order valence-corrected chi connectivity index (χ4v) is 3.17. The Morgan fingerprint density at radius 3 is 1.29 bits per heavy atom. The zero-order valence-corrected chi connectivity index (χ0v) is 17.2. The van der Waals surface area contributed by atoms with E-state index >= 15 is 0 Å². The summed E-state index contributed by atoms with van der Waals surface area (Å²) in [5, 5.41) is 0. The highest BCUT2D eigenvalue weighted by Crippen LogP contribution is 2.12. The molecule has 148 valence electrons. The Bertz CT molecular complexity index is 700. The molecular weight excluding hydrogens is 344 g/mol. The van der Waals surface area contributed by atoms with Crippen LogP contribution in [0.5, 0.6) is 0 Å². The molecule has 0 saturated carbocycles. The van der Waals surface area contributed by atoms with E-state index < -0.39 is 0 Å². The summed E-state index contributed by atoms with van der Waals surface area (Å²) in [5.41, 5.74) is 3.75. The summed E-state index contributed by atoms with van der Waals surface area (Å²) in [6.45, 7) is 4.38. The molecular formula is C26H32O2. The molecule has 0 unspecified atom stereocenters. The number of hydrogen-bond acceptors (Lipinski definition) is 2. The highest BCUT2D eigenvalue weighted by atomic mass is 16.1. The first-order valence-electron chi connectivity index (χ1n) is 10.6. The average Bonchev–Trinajstić information content (AvgIpc) is 2.73. The maximum atomic E-state index is 12.3. The molecule has 0 bridgehead atoms. The lowest BCUT2D eigenvalue weighted by Crippen LogP contribution is -1.99. The van der Waals surface area contributed by atoms with E-state index in [0.29, 0.717) is 11.1 Å². The SMILES string of the molecule is CCCCCc1ccc(C(=O)C=CC(=O)c2ccc(CCCCC)cc2)cc1. The van der Waals surface area contributed by atoms with Crippen molar-refractivity contribution in [3.8, 4) is 0 Å². The summed E-state index contributed by atoms with van der Waals surface area (Å²) in [6, 6.07) is 15.4. The van der Waals surface area contributed by atoms with Crippen molar-refractivity contribution in [2.75, 3.05) is 0 Å². The van der Waals surface area contributed by atoms with Crippen LogP contribution in [0.1, 0.15) is 84.2 Å². The molecule has 2 heteroatoms. The zero-order chi connectivity index (χ0) is 20.2. The Morgan fingerprint density at radius 1 is 0.607 bits per heavy atom. The summed E-state index contributed by atoms with van der Waals surface area (Å²) in [7, 11) is 0. The topological polar surface area (TPSA) is 34.1 Å². The Morgan fingerprint density at radius 2 is 0.964 bits per heavy atom. The number of aryl methyl sites for hydroxylation is 2. The molecule has 0 aromatic heterocycles. The first-order valence-corrected chi connectivity index (χ1v) is 10.6. The number of rotatable bonds is 12. The van der Waals surface area contributed by atoms with Crippen LogP contribution < -0.4 is 0 Å². The van der Waals surface area contributed by atoms with Crippen LogP contribution in [0.25, 0.3) is 0 Å². The van der Waals surface area contributed by atoms with Crippen LogP contribution in [0.2, 0.25) is 0 Å². The van der Waals surface area contributed by atoms with Crippen molar-refractivity contribution in [3.05, 3.63) is 82.9 Å². The van der Waals surface area contributed by atoms with Gasteiger partial charge >= 0.3 is 0 Å². The van der Waals surface area contributed by atoms with Crippen molar-refractivity contribution in [1.82, 2.24) is 0 Å². The largest absolute Gasteiger partial charge is 0.289 e. The molecule has 0 aliphatic rings. The van der Waals surface area contributed by atoms with Crippen LogP contribution in [0.3, 0.4) is 0 Å². The van der Waals surface area contributed by atoms with Gasteiger partial charge in [-0.2, -0.15) is 0 Å². The van der Waals surface area contributed by atoms with Gasteiger partial charge in [0.1, 0.15) is 0 Å². The van der Waals surface area contributed by atoms with Gasteiger partial charge in [-0.1, -0.05) is 88.1 Å². The third kappa shape index (κ3) is 7.26. The van der Waals surface area contributed by atoms with Crippen LogP contribution in [-0.2, 0) is 12.8 Å². The third-order valence-corrected chi connectivity index (χ3v) is 5.00. The fraction of sp³-hybridized carbons (Fsp3) is 0.385. The number of carbonyl (C=O) groups excluding carboxylic acids is 2. The Balaban J connectivity index is 1.89. The van der Waals surface area contributed by atoms with Gasteiger partial charge in [-0.3, -0.25) is 9.59 Å². The second-order valence-corrected chi connectivity index (χ2v) is 7.37. The minimum Gasteiger partial charge on any atom is -0.289 e. The Kier molecular flexibility index (Phi) is 9.41. The first-order chi connectivity index (χ1) is 13.6. The molecule has 0 atom stereocenters. The normalized spacial score (nSPS) is 11.1. The van der Waals surface area contributed by atoms with Crippen LogP contribution >= 0.6 is 0 Å². The monoisotopic (exact) mass is 376 g/mol. The molecule has 2 nitrogen and oxygen atoms in total. The van der Waals surface area contributed by atoms with Crippen molar-refractivity contribution >= 4 is 11.6 Å². The molecule has 0 saturated heterocycles. The summed E-state index contributed by atoms with van der Waals surface area (Å²) < 4.78 is 0. The second-order valence-electron chi connectivity index (χ2n) is 7.37. The van der Waals surface area contributed by atoms with Crippen LogP contribution in [0.15, 0.2) is 60.7 Å². The fourth-order valence-electron chi connectivity index (χ4n) is 3.17. The van der Waals surface area contributed by atoms with Gasteiger partial charge in [0.25, 0.3) is 0 Å². The van der Waals surface area contributed by atoms with Gasteiger partial charge in [-0.25, -0.2) is 0 Å². The van der Waals surface area contributed by atoms with E-state index in [0.717, 1.165) is 12.8 Å². The number of hydrogen-bond donors (Lipinski definition) is 0. The zero-order valence-electron chi connectivity index (χ0n) is 17.2. The smallest absolute Gasteiger partial charge is 0.185 e. The molecule has 0 amide bonds. The van der Waals surface area contributed by atoms with E-state index in [1.807, 2.05) is 48.5 Å². The van der Waals surface area contributed by atoms with Gasteiger partial charge in [-0.15, -0.1) is 0 Å². The number of allylic oxidation sites excluding steroid dienone is 2. The lowest BCUT2D eigenvalue weighted by molar-refractivity contribution is 0.102. The van der Waals surface area contributed by atoms with E-state index in [1.54, 1.807) is 0 Å². The van der Waals surface area contributed by atoms with E-state index in [-0.39, 0.29) is 11.6 Å². The molecule has 2 aromatic rings. The lowest BCUT2D eigenvalue weighted by atomic mass is 10.0. The molecule has 0 heterocycles. The molecule has 0 fully saturated rings. The summed E-state index contributed by atoms with van der Waals surface area (Å²) >= 11 is 0. The predicted octanol–water partition coefficient (Wildman–Crippen LogP) is 6.77. The molecule has 0 radical (unpaired) electrons. The van der Waals surface area contributed by atoms with Crippen LogP contribution in [-0.4, -0.2) is 11.6 Å². The second kappa shape index (κ2) is 12.1. The quantitative estimate of drug-likeness (QED) is 0.233. The first kappa shape index (κ1) is 21.8. The van der Waals surface area contributed by atoms with Gasteiger partial charge in [0.05, 0.1) is 0 Å². The van der Waals surface area contributed by atoms with Crippen molar-refractivity contribution < 1.29 is 9.59 Å². The maximum Gasteiger partial charge on any atom is 0.185 e. The number of ketones is 2. The minimum absolute atomic E-state index is 0.135. The van der Waals surface area contributed by atoms with Crippen LogP contribution in [0, 0.1) is 0 Å². The van der Waals surface area contributed by atoms with Gasteiger partial charge in [0.2, 0.25) is 0 Å². The molecule has 28 heavy (non-hydrogen) atoms. The molecule has 0 aliphatic carbocycles. The van der Waals surface area contributed by atoms with Crippen molar-refractivity contribution in [1.29, 1.82) is 0 Å². The molecule has 0 spiro atoms. The van der Waals surface area contributed by atoms with Crippen molar-refractivity contribution in [2.24, 2.45) is 0 Å². The van der Waals surface area contributed by atoms with Gasteiger partial charge in [-0.05, 0) is 49.0 Å². The van der Waals surface area contributed by atoms with Gasteiger partial charge < -0.3 is 0 Å². The van der Waals surface area contributed by atoms with E-state index in [9.17, 15) is 9.59 Å². The number of unbranched alkanes of at least 4 members (excludes halogenated alkanes) is 4. The minimum atomic E-state index is -0.135. The summed E-state index contributed by atoms with van der Waals surface area (Å²) in [5.74, 6) is -0.269. The van der Waals surface area contributed by atoms with E-state index in [4.69, 9.17) is 0 Å². The molecule has 2 aromatic carbocycles. The standard InChI is InChI=1S/C26H32O2/c1-3-5-7-9-21-11-15-23(16-12-21)25(27)19-20-26(28)24-17-13-22(14-18-24)10-8-6-4-2/h11-20H,3-10H2,1-2H3. The molecule has 2 rings (SSSR count). The number of carbonyl (C=O) groups is 2. The van der Waals surface area contributed by atoms with Crippen molar-refractivity contribution in [2.45, 2.75) is 65.2 Å². The third-order valence-electron chi connectivity index (χ3n) is 5.00. The Labute approximate surface area is 169 Å². The van der Waals surface area contributed by atoms with Crippen molar-refractivity contribution in [3.63, 3.8) is 0 Å². The lowest BCUT2D eigenvalue weighted by Gasteiger charge is -2.03. The van der Waals surface area contributed by atoms with E-state index in [1.165, 1.54) is 61.8 Å². The summed E-state index contributed by atoms with van der Waals surface area (Å²) in [6.07, 6.45) is 12.1. The summed E-state index contributed by atoms with van der Waals surface area (Å²) in [4.78, 5) is 24.6. The van der Waals surface area contributed by atoms with E-state index in [2.05, 4.69) is 13.8 Å². The van der Waals surface area contributed by atoms with Gasteiger partial charge in [0.15, 0.2) is 11.6 Å². The molecule has 0 N–H and O–H groups in total. The maximum absolute atomic E-state index is 12.3. The highest BCUT2D eigenvalue weighted by Gasteiger charge is 2.06.